The van der Waals surface area contributed by atoms with Crippen molar-refractivity contribution < 1.29 is 0 Å². The van der Waals surface area contributed by atoms with Crippen LogP contribution in [0.25, 0.3) is 0 Å². The number of rotatable bonds is 0. The molecule has 0 saturated carbocycles. The number of aromatic nitrogens is 2. The van der Waals surface area contributed by atoms with E-state index in [1.54, 1.807) is 7.05 Å². The summed E-state index contributed by atoms with van der Waals surface area (Å²) in [7, 11) is 1.56. The summed E-state index contributed by atoms with van der Waals surface area (Å²) in [5, 5.41) is 3.77. The zero-order valence-corrected chi connectivity index (χ0v) is 6.92. The highest BCUT2D eigenvalue weighted by Gasteiger charge is 1.98. The first-order valence-corrected chi connectivity index (χ1v) is 3.40. The third-order valence-corrected chi connectivity index (χ3v) is 1.69. The molecule has 0 saturated heterocycles. The van der Waals surface area contributed by atoms with Crippen molar-refractivity contribution in [2.24, 2.45) is 7.05 Å². The van der Waals surface area contributed by atoms with E-state index in [1.807, 2.05) is 0 Å². The average molecular weight is 204 g/mol. The second-order valence-corrected chi connectivity index (χ2v) is 2.60. The normalized spacial score (nSPS) is 9.80. The van der Waals surface area contributed by atoms with Gasteiger partial charge in [-0.1, -0.05) is 0 Å². The van der Waals surface area contributed by atoms with Gasteiger partial charge < -0.3 is 5.73 Å². The Kier molecular flexibility index (Phi) is 1.76. The fraction of sp³-hybridized carbons (Fsp3) is 0.200. The van der Waals surface area contributed by atoms with Crippen LogP contribution in [0.3, 0.4) is 0 Å². The van der Waals surface area contributed by atoms with Crippen LogP contribution in [-0.4, -0.2) is 9.78 Å². The quantitative estimate of drug-likeness (QED) is 0.653. The highest BCUT2D eigenvalue weighted by molar-refractivity contribution is 9.10. The summed E-state index contributed by atoms with van der Waals surface area (Å²) < 4.78 is 1.70. The van der Waals surface area contributed by atoms with Gasteiger partial charge in [-0.15, -0.1) is 0 Å². The van der Waals surface area contributed by atoms with Crippen LogP contribution < -0.4 is 11.3 Å². The zero-order valence-electron chi connectivity index (χ0n) is 5.34. The molecule has 0 radical (unpaired) electrons. The second-order valence-electron chi connectivity index (χ2n) is 1.85. The van der Waals surface area contributed by atoms with E-state index in [9.17, 15) is 4.79 Å². The molecule has 0 aliphatic heterocycles. The van der Waals surface area contributed by atoms with E-state index in [1.165, 1.54) is 10.7 Å². The third kappa shape index (κ3) is 1.18. The van der Waals surface area contributed by atoms with Gasteiger partial charge in [0.25, 0.3) is 5.56 Å². The number of nitrogens with zero attached hydrogens (tertiary/aromatic N) is 2. The Hall–Kier alpha value is -0.840. The molecule has 1 heterocycles. The van der Waals surface area contributed by atoms with Gasteiger partial charge in [0.2, 0.25) is 0 Å². The first-order valence-electron chi connectivity index (χ1n) is 2.60. The van der Waals surface area contributed by atoms with Gasteiger partial charge in [0, 0.05) is 13.1 Å². The SMILES string of the molecule is Cn1nc(Br)c(N)cc1=O. The lowest BCUT2D eigenvalue weighted by Gasteiger charge is -1.97. The van der Waals surface area contributed by atoms with Crippen LogP contribution >= 0.6 is 15.9 Å². The second kappa shape index (κ2) is 2.42. The molecule has 0 spiro atoms. The van der Waals surface area contributed by atoms with Crippen LogP contribution in [0.5, 0.6) is 0 Å². The van der Waals surface area contributed by atoms with E-state index >= 15 is 0 Å². The molecule has 1 aromatic rings. The van der Waals surface area contributed by atoms with Crippen LogP contribution in [0.2, 0.25) is 0 Å². The molecule has 0 amide bonds. The van der Waals surface area contributed by atoms with Gasteiger partial charge in [-0.3, -0.25) is 4.79 Å². The maximum absolute atomic E-state index is 10.8. The monoisotopic (exact) mass is 203 g/mol. The predicted molar refractivity (Wildman–Crippen MR) is 41.6 cm³/mol. The van der Waals surface area contributed by atoms with Crippen molar-refractivity contribution in [3.63, 3.8) is 0 Å². The largest absolute Gasteiger partial charge is 0.396 e. The van der Waals surface area contributed by atoms with Crippen molar-refractivity contribution >= 4 is 21.6 Å². The van der Waals surface area contributed by atoms with Gasteiger partial charge in [0.15, 0.2) is 0 Å². The minimum Gasteiger partial charge on any atom is -0.396 e. The van der Waals surface area contributed by atoms with Gasteiger partial charge in [0.1, 0.15) is 4.60 Å². The Labute approximate surface area is 65.8 Å². The molecule has 1 aromatic heterocycles. The Bertz CT molecular complexity index is 306. The number of hydrogen-bond donors (Lipinski definition) is 1. The Morgan fingerprint density at radius 2 is 2.40 bits per heavy atom. The van der Waals surface area contributed by atoms with Gasteiger partial charge in [-0.25, -0.2) is 4.68 Å². The summed E-state index contributed by atoms with van der Waals surface area (Å²) in [6.07, 6.45) is 0. The number of hydrogen-bond acceptors (Lipinski definition) is 3. The molecule has 10 heavy (non-hydrogen) atoms. The summed E-state index contributed by atoms with van der Waals surface area (Å²) in [6.45, 7) is 0. The highest BCUT2D eigenvalue weighted by atomic mass is 79.9. The van der Waals surface area contributed by atoms with Crippen molar-refractivity contribution in [2.75, 3.05) is 5.73 Å². The van der Waals surface area contributed by atoms with Crippen LogP contribution in [-0.2, 0) is 7.05 Å². The molecule has 0 bridgehead atoms. The Balaban J connectivity index is 3.43. The summed E-state index contributed by atoms with van der Waals surface area (Å²) >= 11 is 3.08. The number of nitrogens with two attached hydrogens (primary N) is 1. The van der Waals surface area contributed by atoms with Crippen molar-refractivity contribution in [1.82, 2.24) is 9.78 Å². The maximum atomic E-state index is 10.8. The molecule has 0 unspecified atom stereocenters. The molecule has 2 N–H and O–H groups in total. The van der Waals surface area contributed by atoms with Gasteiger partial charge in [0.05, 0.1) is 5.69 Å². The maximum Gasteiger partial charge on any atom is 0.268 e. The number of anilines is 1. The number of aryl methyl sites for hydroxylation is 1. The number of nitrogen functional groups attached to an aromatic ring is 1. The van der Waals surface area contributed by atoms with Gasteiger partial charge in [-0.05, 0) is 15.9 Å². The van der Waals surface area contributed by atoms with E-state index in [0.717, 1.165) is 0 Å². The minimum atomic E-state index is -0.208. The van der Waals surface area contributed by atoms with Crippen LogP contribution in [0, 0.1) is 0 Å². The topological polar surface area (TPSA) is 60.9 Å². The van der Waals surface area contributed by atoms with Crippen LogP contribution in [0.4, 0.5) is 5.69 Å². The molecule has 0 aliphatic carbocycles. The first-order chi connectivity index (χ1) is 4.61. The Morgan fingerprint density at radius 1 is 1.80 bits per heavy atom. The van der Waals surface area contributed by atoms with Gasteiger partial charge >= 0.3 is 0 Å². The zero-order chi connectivity index (χ0) is 7.72. The molecule has 4 nitrogen and oxygen atoms in total. The predicted octanol–water partition coefficient (Wildman–Crippen LogP) is 0.125. The molecule has 5 heteroatoms. The van der Waals surface area contributed by atoms with E-state index in [2.05, 4.69) is 21.0 Å². The van der Waals surface area contributed by atoms with Crippen LogP contribution in [0.15, 0.2) is 15.5 Å². The molecule has 1 rings (SSSR count). The van der Waals surface area contributed by atoms with Crippen molar-refractivity contribution in [3.05, 3.63) is 21.0 Å². The van der Waals surface area contributed by atoms with Crippen LogP contribution in [0.1, 0.15) is 0 Å². The van der Waals surface area contributed by atoms with Crippen molar-refractivity contribution in [3.8, 4) is 0 Å². The molecule has 0 atom stereocenters. The number of halogens is 1. The lowest BCUT2D eigenvalue weighted by Crippen LogP contribution is -2.19. The fourth-order valence-electron chi connectivity index (χ4n) is 0.525. The van der Waals surface area contributed by atoms with E-state index < -0.39 is 0 Å². The summed E-state index contributed by atoms with van der Waals surface area (Å²) in [5.41, 5.74) is 5.52. The first kappa shape index (κ1) is 7.27. The van der Waals surface area contributed by atoms with Crippen molar-refractivity contribution in [2.45, 2.75) is 0 Å². The molecule has 54 valence electrons. The van der Waals surface area contributed by atoms with Crippen molar-refractivity contribution in [1.29, 1.82) is 0 Å². The molecular formula is C5H6BrN3O. The van der Waals surface area contributed by atoms with E-state index in [4.69, 9.17) is 5.73 Å². The molecule has 0 aromatic carbocycles. The molecular weight excluding hydrogens is 198 g/mol. The smallest absolute Gasteiger partial charge is 0.268 e. The highest BCUT2D eigenvalue weighted by Crippen LogP contribution is 2.10. The summed E-state index contributed by atoms with van der Waals surface area (Å²) in [6, 6.07) is 1.32. The molecule has 0 fully saturated rings. The lowest BCUT2D eigenvalue weighted by atomic mass is 10.5. The van der Waals surface area contributed by atoms with Gasteiger partial charge in [-0.2, -0.15) is 5.10 Å². The van der Waals surface area contributed by atoms with E-state index in [0.29, 0.717) is 10.3 Å². The average Bonchev–Trinajstić information content (AvgIpc) is 1.84. The standard InChI is InChI=1S/C5H6BrN3O/c1-9-4(10)2-3(7)5(6)8-9/h2H,7H2,1H3. The Morgan fingerprint density at radius 3 is 2.90 bits per heavy atom. The minimum absolute atomic E-state index is 0.208. The lowest BCUT2D eigenvalue weighted by molar-refractivity contribution is 0.699. The third-order valence-electron chi connectivity index (χ3n) is 1.07. The van der Waals surface area contributed by atoms with E-state index in [-0.39, 0.29) is 5.56 Å². The molecule has 0 aliphatic rings. The summed E-state index contributed by atoms with van der Waals surface area (Å²) in [4.78, 5) is 10.8. The summed E-state index contributed by atoms with van der Waals surface area (Å²) in [5.74, 6) is 0. The fourth-order valence-corrected chi connectivity index (χ4v) is 0.877.